The zero-order chi connectivity index (χ0) is 18.8. The average Bonchev–Trinajstić information content (AvgIpc) is 2.64. The molecule has 6 heteroatoms. The normalized spacial score (nSPS) is 10.8. The molecule has 2 aromatic carbocycles. The molecule has 0 aliphatic rings. The monoisotopic (exact) mass is 356 g/mol. The van der Waals surface area contributed by atoms with Crippen LogP contribution in [-0.2, 0) is 16.2 Å². The highest BCUT2D eigenvalue weighted by Gasteiger charge is 2.04. The molecule has 0 heterocycles. The molecule has 0 saturated carbocycles. The third kappa shape index (κ3) is 6.47. The first-order valence-electron chi connectivity index (χ1n) is 8.39. The molecule has 1 N–H and O–H groups in total. The molecule has 0 spiro atoms. The molecule has 0 aliphatic carbocycles. The molecule has 2 rings (SSSR count). The number of nitrogens with zero attached hydrogens (tertiary/aromatic N) is 1. The molecule has 1 amide bonds. The Morgan fingerprint density at radius 3 is 2.58 bits per heavy atom. The summed E-state index contributed by atoms with van der Waals surface area (Å²) >= 11 is 0. The minimum absolute atomic E-state index is 0.0641. The maximum absolute atomic E-state index is 11.8. The fourth-order valence-electron chi connectivity index (χ4n) is 2.13. The number of benzene rings is 2. The maximum atomic E-state index is 11.8. The fraction of sp³-hybridized carbons (Fsp3) is 0.300. The summed E-state index contributed by atoms with van der Waals surface area (Å²) in [7, 11) is 1.61. The number of ether oxygens (including phenoxy) is 2. The van der Waals surface area contributed by atoms with E-state index in [-0.39, 0.29) is 18.6 Å². The molecule has 0 radical (unpaired) electrons. The predicted molar refractivity (Wildman–Crippen MR) is 101 cm³/mol. The second kappa shape index (κ2) is 10.1. The zero-order valence-electron chi connectivity index (χ0n) is 15.3. The minimum atomic E-state index is -0.246. The van der Waals surface area contributed by atoms with Gasteiger partial charge in [-0.1, -0.05) is 29.4 Å². The molecule has 2 aromatic rings. The summed E-state index contributed by atoms with van der Waals surface area (Å²) in [6.07, 6.45) is 1.60. The van der Waals surface area contributed by atoms with E-state index in [1.165, 1.54) is 6.21 Å². The van der Waals surface area contributed by atoms with Crippen LogP contribution >= 0.6 is 0 Å². The Kier molecular flexibility index (Phi) is 7.49. The summed E-state index contributed by atoms with van der Waals surface area (Å²) in [4.78, 5) is 16.9. The van der Waals surface area contributed by atoms with Gasteiger partial charge in [0, 0.05) is 12.1 Å². The van der Waals surface area contributed by atoms with Crippen molar-refractivity contribution >= 4 is 12.1 Å². The van der Waals surface area contributed by atoms with Gasteiger partial charge in [-0.2, -0.15) is 0 Å². The minimum Gasteiger partial charge on any atom is -0.497 e. The lowest BCUT2D eigenvalue weighted by Crippen LogP contribution is -2.26. The largest absolute Gasteiger partial charge is 0.497 e. The quantitative estimate of drug-likeness (QED) is 0.553. The van der Waals surface area contributed by atoms with Crippen LogP contribution in [0.1, 0.15) is 25.0 Å². The third-order valence-corrected chi connectivity index (χ3v) is 3.39. The molecule has 0 bridgehead atoms. The summed E-state index contributed by atoms with van der Waals surface area (Å²) in [5.41, 5.74) is 1.77. The molecular formula is C20H24N2O4. The van der Waals surface area contributed by atoms with E-state index in [2.05, 4.69) is 10.5 Å². The van der Waals surface area contributed by atoms with Gasteiger partial charge in [0.1, 0.15) is 11.5 Å². The van der Waals surface area contributed by atoms with E-state index in [1.807, 2.05) is 62.4 Å². The van der Waals surface area contributed by atoms with Crippen LogP contribution in [0.4, 0.5) is 0 Å². The van der Waals surface area contributed by atoms with E-state index in [0.29, 0.717) is 6.54 Å². The van der Waals surface area contributed by atoms with Gasteiger partial charge in [-0.15, -0.1) is 0 Å². The Bertz CT molecular complexity index is 727. The van der Waals surface area contributed by atoms with Crippen molar-refractivity contribution in [2.45, 2.75) is 26.5 Å². The number of methoxy groups -OCH3 is 1. The number of carbonyl (C=O) groups excluding carboxylic acids is 1. The Balaban J connectivity index is 1.76. The van der Waals surface area contributed by atoms with Crippen LogP contribution in [0.2, 0.25) is 0 Å². The average molecular weight is 356 g/mol. The second-order valence-corrected chi connectivity index (χ2v) is 5.84. The molecule has 0 atom stereocenters. The summed E-state index contributed by atoms with van der Waals surface area (Å²) in [6.45, 7) is 4.18. The van der Waals surface area contributed by atoms with Gasteiger partial charge in [0.25, 0.3) is 5.91 Å². The van der Waals surface area contributed by atoms with Crippen LogP contribution in [0.25, 0.3) is 0 Å². The lowest BCUT2D eigenvalue weighted by atomic mass is 10.2. The van der Waals surface area contributed by atoms with E-state index < -0.39 is 0 Å². The van der Waals surface area contributed by atoms with Crippen LogP contribution in [-0.4, -0.2) is 31.9 Å². The summed E-state index contributed by atoms with van der Waals surface area (Å²) in [5.74, 6) is 1.25. The van der Waals surface area contributed by atoms with E-state index in [0.717, 1.165) is 22.6 Å². The Labute approximate surface area is 153 Å². The van der Waals surface area contributed by atoms with Crippen molar-refractivity contribution in [3.63, 3.8) is 0 Å². The second-order valence-electron chi connectivity index (χ2n) is 5.84. The maximum Gasteiger partial charge on any atom is 0.261 e. The van der Waals surface area contributed by atoms with Gasteiger partial charge in [-0.05, 0) is 43.7 Å². The van der Waals surface area contributed by atoms with E-state index in [1.54, 1.807) is 7.11 Å². The van der Waals surface area contributed by atoms with Gasteiger partial charge in [-0.3, -0.25) is 4.79 Å². The van der Waals surface area contributed by atoms with Crippen molar-refractivity contribution in [1.82, 2.24) is 5.32 Å². The number of rotatable bonds is 9. The number of oxime groups is 1. The highest BCUT2D eigenvalue weighted by atomic mass is 16.6. The number of amides is 1. The standard InChI is InChI=1S/C20H24N2O4/c1-15(2)26-19-7-5-4-6-17(19)13-22-25-14-20(23)21-12-16-8-10-18(24-3)11-9-16/h4-11,13,15H,12,14H2,1-3H3,(H,21,23)/b22-13+. The molecule has 6 nitrogen and oxygen atoms in total. The molecular weight excluding hydrogens is 332 g/mol. The van der Waals surface area contributed by atoms with Gasteiger partial charge in [-0.25, -0.2) is 0 Å². The molecule has 0 aliphatic heterocycles. The van der Waals surface area contributed by atoms with Crippen molar-refractivity contribution in [2.24, 2.45) is 5.16 Å². The van der Waals surface area contributed by atoms with Crippen LogP contribution in [0.3, 0.4) is 0 Å². The van der Waals surface area contributed by atoms with Crippen molar-refractivity contribution in [3.05, 3.63) is 59.7 Å². The van der Waals surface area contributed by atoms with Gasteiger partial charge in [0.2, 0.25) is 0 Å². The summed E-state index contributed by atoms with van der Waals surface area (Å²) in [6, 6.07) is 15.0. The van der Waals surface area contributed by atoms with Crippen molar-refractivity contribution in [1.29, 1.82) is 0 Å². The van der Waals surface area contributed by atoms with Gasteiger partial charge in [0.05, 0.1) is 19.4 Å². The number of carbonyl (C=O) groups is 1. The molecule has 0 unspecified atom stereocenters. The zero-order valence-corrected chi connectivity index (χ0v) is 15.3. The number of hydrogen-bond donors (Lipinski definition) is 1. The highest BCUT2D eigenvalue weighted by molar-refractivity contribution is 5.83. The van der Waals surface area contributed by atoms with Crippen LogP contribution in [0.15, 0.2) is 53.7 Å². The van der Waals surface area contributed by atoms with E-state index in [9.17, 15) is 4.79 Å². The number of para-hydroxylation sites is 1. The van der Waals surface area contributed by atoms with Gasteiger partial charge < -0.3 is 19.6 Å². The van der Waals surface area contributed by atoms with Crippen LogP contribution in [0, 0.1) is 0 Å². The molecule has 138 valence electrons. The fourth-order valence-corrected chi connectivity index (χ4v) is 2.13. The lowest BCUT2D eigenvalue weighted by Gasteiger charge is -2.11. The van der Waals surface area contributed by atoms with Crippen LogP contribution < -0.4 is 14.8 Å². The highest BCUT2D eigenvalue weighted by Crippen LogP contribution is 2.17. The molecule has 0 fully saturated rings. The first-order chi connectivity index (χ1) is 12.6. The van der Waals surface area contributed by atoms with E-state index >= 15 is 0 Å². The third-order valence-electron chi connectivity index (χ3n) is 3.39. The van der Waals surface area contributed by atoms with Crippen molar-refractivity contribution < 1.29 is 19.1 Å². The Hall–Kier alpha value is -3.02. The smallest absolute Gasteiger partial charge is 0.261 e. The number of hydrogen-bond acceptors (Lipinski definition) is 5. The lowest BCUT2D eigenvalue weighted by molar-refractivity contribution is -0.125. The first kappa shape index (κ1) is 19.3. The topological polar surface area (TPSA) is 69.2 Å². The van der Waals surface area contributed by atoms with Crippen LogP contribution in [0.5, 0.6) is 11.5 Å². The van der Waals surface area contributed by atoms with Gasteiger partial charge in [0.15, 0.2) is 6.61 Å². The molecule has 26 heavy (non-hydrogen) atoms. The Morgan fingerprint density at radius 1 is 1.15 bits per heavy atom. The summed E-state index contributed by atoms with van der Waals surface area (Å²) < 4.78 is 10.8. The van der Waals surface area contributed by atoms with Crippen molar-refractivity contribution in [3.8, 4) is 11.5 Å². The van der Waals surface area contributed by atoms with E-state index in [4.69, 9.17) is 14.3 Å². The number of nitrogens with one attached hydrogen (secondary N) is 1. The Morgan fingerprint density at radius 2 is 1.88 bits per heavy atom. The van der Waals surface area contributed by atoms with Gasteiger partial charge >= 0.3 is 0 Å². The predicted octanol–water partition coefficient (Wildman–Crippen LogP) is 3.15. The molecule has 0 saturated heterocycles. The molecule has 0 aromatic heterocycles. The van der Waals surface area contributed by atoms with Crippen molar-refractivity contribution in [2.75, 3.05) is 13.7 Å². The first-order valence-corrected chi connectivity index (χ1v) is 8.39. The summed E-state index contributed by atoms with van der Waals surface area (Å²) in [5, 5.41) is 6.61. The SMILES string of the molecule is COc1ccc(CNC(=O)CO/N=C/c2ccccc2OC(C)C)cc1.